The van der Waals surface area contributed by atoms with E-state index in [2.05, 4.69) is 75.8 Å². The molecule has 1 amide bonds. The Kier molecular flexibility index (Phi) is 5.92. The van der Waals surface area contributed by atoms with Crippen molar-refractivity contribution in [3.05, 3.63) is 27.7 Å². The molecule has 1 saturated heterocycles. The number of benzene rings is 1. The summed E-state index contributed by atoms with van der Waals surface area (Å²) in [6, 6.07) is 4.33. The van der Waals surface area contributed by atoms with Crippen LogP contribution in [0.1, 0.15) is 45.2 Å². The van der Waals surface area contributed by atoms with Gasteiger partial charge in [0, 0.05) is 16.1 Å². The molecule has 1 heterocycles. The van der Waals surface area contributed by atoms with Crippen molar-refractivity contribution in [2.45, 2.75) is 72.1 Å². The first-order valence-electron chi connectivity index (χ1n) is 9.09. The Hall–Kier alpha value is -0.653. The maximum absolute atomic E-state index is 12.8. The van der Waals surface area contributed by atoms with E-state index in [0.717, 1.165) is 27.7 Å². The zero-order chi connectivity index (χ0) is 19.2. The predicted octanol–water partition coefficient (Wildman–Crippen LogP) is 5.83. The van der Waals surface area contributed by atoms with Gasteiger partial charge in [-0.1, -0.05) is 43.6 Å². The van der Waals surface area contributed by atoms with Crippen LogP contribution in [0.25, 0.3) is 0 Å². The lowest BCUT2D eigenvalue weighted by Gasteiger charge is -2.38. The fraction of sp³-hybridized carbons (Fsp3) is 0.650. The number of carbonyl (C=O) groups is 1. The van der Waals surface area contributed by atoms with Crippen LogP contribution in [0.4, 0.5) is 5.69 Å². The third kappa shape index (κ3) is 4.20. The van der Waals surface area contributed by atoms with E-state index in [1.807, 2.05) is 11.8 Å². The monoisotopic (exact) mass is 425 g/mol. The van der Waals surface area contributed by atoms with Crippen molar-refractivity contribution in [2.24, 2.45) is 5.92 Å². The van der Waals surface area contributed by atoms with Gasteiger partial charge >= 0.3 is 0 Å². The fourth-order valence-corrected chi connectivity index (χ4v) is 4.37. The Bertz CT molecular complexity index is 643. The Morgan fingerprint density at radius 1 is 1.24 bits per heavy atom. The van der Waals surface area contributed by atoms with E-state index < -0.39 is 8.32 Å². The zero-order valence-electron chi connectivity index (χ0n) is 16.9. The summed E-state index contributed by atoms with van der Waals surface area (Å²) in [6.07, 6.45) is 0.863. The van der Waals surface area contributed by atoms with Gasteiger partial charge in [-0.25, -0.2) is 0 Å². The highest BCUT2D eigenvalue weighted by molar-refractivity contribution is 9.10. The predicted molar refractivity (Wildman–Crippen MR) is 112 cm³/mol. The minimum atomic E-state index is -1.82. The van der Waals surface area contributed by atoms with Crippen LogP contribution >= 0.6 is 15.9 Å². The van der Waals surface area contributed by atoms with Gasteiger partial charge in [-0.2, -0.15) is 0 Å². The van der Waals surface area contributed by atoms with Gasteiger partial charge < -0.3 is 9.33 Å². The summed E-state index contributed by atoms with van der Waals surface area (Å²) in [5.74, 6) is 0.266. The number of hydrogen-bond donors (Lipinski definition) is 0. The van der Waals surface area contributed by atoms with Crippen molar-refractivity contribution < 1.29 is 9.22 Å². The summed E-state index contributed by atoms with van der Waals surface area (Å²) >= 11 is 3.62. The average molecular weight is 426 g/mol. The number of nitrogens with zero attached hydrogens (tertiary/aromatic N) is 1. The van der Waals surface area contributed by atoms with E-state index in [1.54, 1.807) is 0 Å². The molecule has 3 nitrogen and oxygen atoms in total. The Morgan fingerprint density at radius 2 is 1.76 bits per heavy atom. The van der Waals surface area contributed by atoms with Crippen molar-refractivity contribution in [3.8, 4) is 0 Å². The molecule has 0 bridgehead atoms. The van der Waals surface area contributed by atoms with Crippen LogP contribution in [0, 0.1) is 19.8 Å². The first-order chi connectivity index (χ1) is 11.3. The van der Waals surface area contributed by atoms with Gasteiger partial charge in [0.15, 0.2) is 8.32 Å². The first kappa shape index (κ1) is 20.7. The van der Waals surface area contributed by atoms with Crippen LogP contribution in [0.15, 0.2) is 16.6 Å². The highest BCUT2D eigenvalue weighted by Crippen LogP contribution is 2.38. The van der Waals surface area contributed by atoms with Crippen molar-refractivity contribution in [1.82, 2.24) is 0 Å². The molecule has 1 aromatic carbocycles. The van der Waals surface area contributed by atoms with Gasteiger partial charge in [-0.05, 0) is 61.7 Å². The number of hydrogen-bond acceptors (Lipinski definition) is 2. The van der Waals surface area contributed by atoms with Crippen molar-refractivity contribution in [2.75, 3.05) is 11.5 Å². The van der Waals surface area contributed by atoms with Gasteiger partial charge in [-0.3, -0.25) is 4.79 Å². The molecule has 2 unspecified atom stereocenters. The summed E-state index contributed by atoms with van der Waals surface area (Å²) in [7, 11) is -1.82. The second kappa shape index (κ2) is 7.16. The lowest BCUT2D eigenvalue weighted by Crippen LogP contribution is -2.45. The van der Waals surface area contributed by atoms with Crippen molar-refractivity contribution >= 4 is 35.8 Å². The maximum atomic E-state index is 12.8. The number of rotatable bonds is 4. The highest BCUT2D eigenvalue weighted by Gasteiger charge is 2.42. The number of carbonyl (C=O) groups excluding carboxylic acids is 1. The molecule has 2 atom stereocenters. The summed E-state index contributed by atoms with van der Waals surface area (Å²) in [4.78, 5) is 14.8. The van der Waals surface area contributed by atoms with E-state index >= 15 is 0 Å². The quantitative estimate of drug-likeness (QED) is 0.567. The minimum Gasteiger partial charge on any atom is -0.415 e. The van der Waals surface area contributed by atoms with Gasteiger partial charge in [0.25, 0.3) is 0 Å². The molecule has 0 saturated carbocycles. The SMILES string of the molecule is Cc1cc(N2C(=O)C(C)CC2CO[Si](C)(C)C(C)(C)C)cc(C)c1Br. The molecule has 140 valence electrons. The summed E-state index contributed by atoms with van der Waals surface area (Å²) in [5.41, 5.74) is 3.31. The molecule has 5 heteroatoms. The molecular weight excluding hydrogens is 394 g/mol. The normalized spacial score (nSPS) is 22.0. The second-order valence-electron chi connectivity index (χ2n) is 8.96. The second-order valence-corrected chi connectivity index (χ2v) is 14.6. The van der Waals surface area contributed by atoms with E-state index in [0.29, 0.717) is 6.61 Å². The molecule has 0 aliphatic carbocycles. The average Bonchev–Trinajstić information content (AvgIpc) is 2.76. The molecule has 0 N–H and O–H groups in total. The smallest absolute Gasteiger partial charge is 0.230 e. The first-order valence-corrected chi connectivity index (χ1v) is 12.8. The molecular formula is C20H32BrNO2Si. The minimum absolute atomic E-state index is 0.0530. The Morgan fingerprint density at radius 3 is 2.24 bits per heavy atom. The third-order valence-electron chi connectivity index (χ3n) is 5.79. The largest absolute Gasteiger partial charge is 0.415 e. The van der Waals surface area contributed by atoms with Gasteiger partial charge in [0.1, 0.15) is 0 Å². The maximum Gasteiger partial charge on any atom is 0.230 e. The highest BCUT2D eigenvalue weighted by atomic mass is 79.9. The summed E-state index contributed by atoms with van der Waals surface area (Å²) in [5, 5.41) is 0.177. The van der Waals surface area contributed by atoms with E-state index in [9.17, 15) is 4.79 Å². The lowest BCUT2D eigenvalue weighted by molar-refractivity contribution is -0.120. The van der Waals surface area contributed by atoms with Crippen LogP contribution in [0.3, 0.4) is 0 Å². The molecule has 1 aromatic rings. The van der Waals surface area contributed by atoms with Gasteiger partial charge in [0.2, 0.25) is 5.91 Å². The molecule has 0 spiro atoms. The van der Waals surface area contributed by atoms with E-state index in [-0.39, 0.29) is 22.9 Å². The topological polar surface area (TPSA) is 29.5 Å². The van der Waals surface area contributed by atoms with E-state index in [4.69, 9.17) is 4.43 Å². The van der Waals surface area contributed by atoms with Crippen molar-refractivity contribution in [1.29, 1.82) is 0 Å². The molecule has 0 aromatic heterocycles. The summed E-state index contributed by atoms with van der Waals surface area (Å²) < 4.78 is 7.56. The Labute approximate surface area is 162 Å². The lowest BCUT2D eigenvalue weighted by atomic mass is 10.1. The van der Waals surface area contributed by atoms with E-state index in [1.165, 1.54) is 0 Å². The molecule has 1 aliphatic rings. The van der Waals surface area contributed by atoms with Gasteiger partial charge in [0.05, 0.1) is 12.6 Å². The molecule has 0 radical (unpaired) electrons. The molecule has 1 fully saturated rings. The number of aryl methyl sites for hydroxylation is 2. The van der Waals surface area contributed by atoms with Crippen LogP contribution in [-0.4, -0.2) is 26.9 Å². The molecule has 25 heavy (non-hydrogen) atoms. The number of amides is 1. The van der Waals surface area contributed by atoms with Crippen molar-refractivity contribution in [3.63, 3.8) is 0 Å². The summed E-state index contributed by atoms with van der Waals surface area (Å²) in [6.45, 7) is 18.1. The van der Waals surface area contributed by atoms with Gasteiger partial charge in [-0.15, -0.1) is 0 Å². The third-order valence-corrected chi connectivity index (χ3v) is 11.5. The standard InChI is InChI=1S/C20H32BrNO2Si/c1-13-9-16(10-14(2)18(13)21)22-17(11-15(3)19(22)23)12-24-25(7,8)20(4,5)6/h9-10,15,17H,11-12H2,1-8H3. The number of anilines is 1. The Balaban J connectivity index is 2.27. The zero-order valence-corrected chi connectivity index (χ0v) is 19.5. The van der Waals surface area contributed by atoms with Crippen LogP contribution in [-0.2, 0) is 9.22 Å². The van der Waals surface area contributed by atoms with Crippen LogP contribution < -0.4 is 4.90 Å². The number of halogens is 1. The fourth-order valence-electron chi connectivity index (χ4n) is 3.10. The van der Waals surface area contributed by atoms with Crippen LogP contribution in [0.5, 0.6) is 0 Å². The van der Waals surface area contributed by atoms with Crippen LogP contribution in [0.2, 0.25) is 18.1 Å². The molecule has 2 rings (SSSR count). The molecule has 1 aliphatic heterocycles.